The van der Waals surface area contributed by atoms with E-state index < -0.39 is 0 Å². The highest BCUT2D eigenvalue weighted by Gasteiger charge is 2.22. The van der Waals surface area contributed by atoms with Crippen molar-refractivity contribution in [2.45, 2.75) is 39.0 Å². The van der Waals surface area contributed by atoms with E-state index in [0.29, 0.717) is 0 Å². The van der Waals surface area contributed by atoms with Crippen LogP contribution in [0.3, 0.4) is 0 Å². The van der Waals surface area contributed by atoms with Crippen LogP contribution in [-0.2, 0) is 5.41 Å². The van der Waals surface area contributed by atoms with Gasteiger partial charge < -0.3 is 14.7 Å². The smallest absolute Gasteiger partial charge is 0.227 e. The van der Waals surface area contributed by atoms with Gasteiger partial charge in [0.05, 0.1) is 5.69 Å². The third-order valence-electron chi connectivity index (χ3n) is 5.36. The van der Waals surface area contributed by atoms with Crippen LogP contribution in [0.25, 0.3) is 0 Å². The molecule has 0 atom stereocenters. The molecule has 0 aromatic carbocycles. The summed E-state index contributed by atoms with van der Waals surface area (Å²) in [5.41, 5.74) is 1.06. The van der Waals surface area contributed by atoms with E-state index in [1.165, 1.54) is 12.8 Å². The van der Waals surface area contributed by atoms with Crippen molar-refractivity contribution in [2.24, 2.45) is 0 Å². The Labute approximate surface area is 161 Å². The lowest BCUT2D eigenvalue weighted by atomic mass is 9.92. The van der Waals surface area contributed by atoms with Gasteiger partial charge in [-0.05, 0) is 31.0 Å². The molecule has 144 valence electrons. The van der Waals surface area contributed by atoms with Gasteiger partial charge in [0, 0.05) is 50.9 Å². The largest absolute Gasteiger partial charge is 0.353 e. The topological polar surface area (TPSA) is 61.3 Å². The summed E-state index contributed by atoms with van der Waals surface area (Å²) in [6.45, 7) is 12.3. The summed E-state index contributed by atoms with van der Waals surface area (Å²) in [4.78, 5) is 16.2. The SMILES string of the molecule is CC(C)(C)c1ccc(N2CCN(c3ccnc(N4CCCC4)n3)CC2)nn1. The summed E-state index contributed by atoms with van der Waals surface area (Å²) in [6.07, 6.45) is 4.36. The van der Waals surface area contributed by atoms with E-state index in [1.54, 1.807) is 0 Å². The second-order valence-electron chi connectivity index (χ2n) is 8.41. The maximum Gasteiger partial charge on any atom is 0.227 e. The van der Waals surface area contributed by atoms with Crippen LogP contribution in [0.4, 0.5) is 17.6 Å². The fraction of sp³-hybridized carbons (Fsp3) is 0.600. The second-order valence-corrected chi connectivity index (χ2v) is 8.41. The molecule has 7 heteroatoms. The van der Waals surface area contributed by atoms with Crippen molar-refractivity contribution >= 4 is 17.6 Å². The van der Waals surface area contributed by atoms with E-state index in [1.807, 2.05) is 12.3 Å². The van der Waals surface area contributed by atoms with E-state index >= 15 is 0 Å². The zero-order valence-corrected chi connectivity index (χ0v) is 16.6. The molecular weight excluding hydrogens is 338 g/mol. The fourth-order valence-corrected chi connectivity index (χ4v) is 3.64. The summed E-state index contributed by atoms with van der Waals surface area (Å²) < 4.78 is 0. The summed E-state index contributed by atoms with van der Waals surface area (Å²) in [6, 6.07) is 6.22. The Bertz CT molecular complexity index is 755. The molecule has 4 rings (SSSR count). The molecule has 0 unspecified atom stereocenters. The normalized spacial score (nSPS) is 18.3. The van der Waals surface area contributed by atoms with Gasteiger partial charge in [0.2, 0.25) is 5.95 Å². The third-order valence-corrected chi connectivity index (χ3v) is 5.36. The molecule has 7 nitrogen and oxygen atoms in total. The predicted molar refractivity (Wildman–Crippen MR) is 109 cm³/mol. The van der Waals surface area contributed by atoms with Gasteiger partial charge in [-0.3, -0.25) is 0 Å². The summed E-state index contributed by atoms with van der Waals surface area (Å²) in [5.74, 6) is 2.86. The standard InChI is InChI=1S/C20H29N7/c1-20(2,3)16-6-7-18(24-23-16)26-14-12-25(13-15-26)17-8-9-21-19(22-17)27-10-4-5-11-27/h6-9H,4-5,10-15H2,1-3H3. The van der Waals surface area contributed by atoms with Gasteiger partial charge in [0.25, 0.3) is 0 Å². The number of hydrogen-bond acceptors (Lipinski definition) is 7. The number of rotatable bonds is 3. The Hall–Kier alpha value is -2.44. The lowest BCUT2D eigenvalue weighted by Gasteiger charge is -2.36. The first-order chi connectivity index (χ1) is 13.0. The van der Waals surface area contributed by atoms with Crippen LogP contribution >= 0.6 is 0 Å². The third kappa shape index (κ3) is 3.96. The van der Waals surface area contributed by atoms with E-state index in [-0.39, 0.29) is 5.41 Å². The van der Waals surface area contributed by atoms with Gasteiger partial charge in [0.15, 0.2) is 5.82 Å². The quantitative estimate of drug-likeness (QED) is 0.826. The first-order valence-corrected chi connectivity index (χ1v) is 9.93. The van der Waals surface area contributed by atoms with Crippen molar-refractivity contribution in [1.29, 1.82) is 0 Å². The molecule has 0 bridgehead atoms. The summed E-state index contributed by atoms with van der Waals surface area (Å²) in [7, 11) is 0. The molecule has 0 N–H and O–H groups in total. The molecular formula is C20H29N7. The predicted octanol–water partition coefficient (Wildman–Crippen LogP) is 2.49. The molecule has 4 heterocycles. The van der Waals surface area contributed by atoms with E-state index in [4.69, 9.17) is 4.98 Å². The minimum Gasteiger partial charge on any atom is -0.353 e. The molecule has 2 aliphatic heterocycles. The number of hydrogen-bond donors (Lipinski definition) is 0. The molecule has 2 fully saturated rings. The van der Waals surface area contributed by atoms with E-state index in [2.05, 4.69) is 62.8 Å². The van der Waals surface area contributed by atoms with Crippen LogP contribution in [0.15, 0.2) is 24.4 Å². The van der Waals surface area contributed by atoms with E-state index in [9.17, 15) is 0 Å². The van der Waals surface area contributed by atoms with Gasteiger partial charge in [-0.2, -0.15) is 10.1 Å². The number of anilines is 3. The Morgan fingerprint density at radius 1 is 0.741 bits per heavy atom. The highest BCUT2D eigenvalue weighted by atomic mass is 15.3. The lowest BCUT2D eigenvalue weighted by Crippen LogP contribution is -2.47. The summed E-state index contributed by atoms with van der Waals surface area (Å²) >= 11 is 0. The van der Waals surface area contributed by atoms with Gasteiger partial charge >= 0.3 is 0 Å². The Balaban J connectivity index is 1.39. The van der Waals surface area contributed by atoms with Crippen molar-refractivity contribution < 1.29 is 0 Å². The maximum atomic E-state index is 4.81. The first kappa shape index (κ1) is 17.9. The molecule has 27 heavy (non-hydrogen) atoms. The monoisotopic (exact) mass is 367 g/mol. The number of nitrogens with zero attached hydrogens (tertiary/aromatic N) is 7. The maximum absolute atomic E-state index is 4.81. The van der Waals surface area contributed by atoms with Crippen LogP contribution in [0.2, 0.25) is 0 Å². The molecule has 2 aromatic rings. The van der Waals surface area contributed by atoms with Crippen molar-refractivity contribution in [3.8, 4) is 0 Å². The number of piperazine rings is 1. The average Bonchev–Trinajstić information content (AvgIpc) is 3.23. The minimum absolute atomic E-state index is 0.0320. The van der Waals surface area contributed by atoms with Crippen molar-refractivity contribution in [2.75, 3.05) is 54.0 Å². The van der Waals surface area contributed by atoms with Crippen LogP contribution in [0, 0.1) is 0 Å². The summed E-state index contributed by atoms with van der Waals surface area (Å²) in [5, 5.41) is 8.88. The molecule has 0 radical (unpaired) electrons. The fourth-order valence-electron chi connectivity index (χ4n) is 3.64. The van der Waals surface area contributed by atoms with Crippen LogP contribution in [-0.4, -0.2) is 59.4 Å². The molecule has 0 saturated carbocycles. The first-order valence-electron chi connectivity index (χ1n) is 9.93. The molecule has 0 aliphatic carbocycles. The van der Waals surface area contributed by atoms with Gasteiger partial charge in [-0.15, -0.1) is 5.10 Å². The Morgan fingerprint density at radius 2 is 1.41 bits per heavy atom. The van der Waals surface area contributed by atoms with Gasteiger partial charge in [-0.1, -0.05) is 20.8 Å². The van der Waals surface area contributed by atoms with Crippen molar-refractivity contribution in [1.82, 2.24) is 20.2 Å². The lowest BCUT2D eigenvalue weighted by molar-refractivity contribution is 0.556. The molecule has 0 spiro atoms. The zero-order valence-electron chi connectivity index (χ0n) is 16.6. The average molecular weight is 368 g/mol. The Morgan fingerprint density at radius 3 is 2.00 bits per heavy atom. The molecule has 0 amide bonds. The van der Waals surface area contributed by atoms with E-state index in [0.717, 1.165) is 62.5 Å². The van der Waals surface area contributed by atoms with Crippen molar-refractivity contribution in [3.05, 3.63) is 30.1 Å². The van der Waals surface area contributed by atoms with Crippen LogP contribution in [0.5, 0.6) is 0 Å². The minimum atomic E-state index is 0.0320. The Kier molecular flexibility index (Phi) is 4.85. The molecule has 2 aliphatic rings. The molecule has 2 aromatic heterocycles. The van der Waals surface area contributed by atoms with Gasteiger partial charge in [-0.25, -0.2) is 4.98 Å². The second kappa shape index (κ2) is 7.29. The van der Waals surface area contributed by atoms with Crippen molar-refractivity contribution in [3.63, 3.8) is 0 Å². The highest BCUT2D eigenvalue weighted by molar-refractivity contribution is 5.47. The molecule has 2 saturated heterocycles. The number of aromatic nitrogens is 4. The zero-order chi connectivity index (χ0) is 18.9. The van der Waals surface area contributed by atoms with Gasteiger partial charge in [0.1, 0.15) is 5.82 Å². The van der Waals surface area contributed by atoms with Crippen LogP contribution < -0.4 is 14.7 Å². The van der Waals surface area contributed by atoms with Crippen LogP contribution in [0.1, 0.15) is 39.3 Å². The highest BCUT2D eigenvalue weighted by Crippen LogP contribution is 2.23.